The van der Waals surface area contributed by atoms with Crippen LogP contribution < -0.4 is 11.5 Å². The van der Waals surface area contributed by atoms with Gasteiger partial charge in [-0.15, -0.1) is 0 Å². The predicted molar refractivity (Wildman–Crippen MR) is 73.4 cm³/mol. The van der Waals surface area contributed by atoms with Crippen molar-refractivity contribution in [2.45, 2.75) is 69.7 Å². The molecule has 0 saturated carbocycles. The summed E-state index contributed by atoms with van der Waals surface area (Å²) in [5.74, 6) is 0. The minimum atomic E-state index is -0.320. The Kier molecular flexibility index (Phi) is 10.3. The molecular weight excluding hydrogens is 224 g/mol. The quantitative estimate of drug-likeness (QED) is 0.550. The predicted octanol–water partition coefficient (Wildman–Crippen LogP) is 2.59. The summed E-state index contributed by atoms with van der Waals surface area (Å²) in [7, 11) is 0. The van der Waals surface area contributed by atoms with Gasteiger partial charge in [-0.25, -0.2) is 0 Å². The van der Waals surface area contributed by atoms with E-state index in [2.05, 4.69) is 12.1 Å². The van der Waals surface area contributed by atoms with E-state index in [1.54, 1.807) is 0 Å². The molecule has 4 nitrogen and oxygen atoms in total. The topological polar surface area (TPSA) is 99.6 Å². The Labute approximate surface area is 111 Å². The molecule has 0 atom stereocenters. The lowest BCUT2D eigenvalue weighted by Crippen LogP contribution is -2.39. The summed E-state index contributed by atoms with van der Waals surface area (Å²) in [4.78, 5) is 0. The molecule has 0 aromatic heterocycles. The molecule has 0 spiro atoms. The summed E-state index contributed by atoms with van der Waals surface area (Å²) in [5.41, 5.74) is 11.4. The monoisotopic (exact) mass is 250 g/mol. The van der Waals surface area contributed by atoms with E-state index in [1.807, 2.05) is 0 Å². The normalized spacial score (nSPS) is 10.9. The Morgan fingerprint density at radius 1 is 0.778 bits per heavy atom. The van der Waals surface area contributed by atoms with Crippen LogP contribution in [-0.4, -0.2) is 12.1 Å². The van der Waals surface area contributed by atoms with Gasteiger partial charge in [0.1, 0.15) is 0 Å². The van der Waals surface area contributed by atoms with Gasteiger partial charge in [0.15, 0.2) is 0 Å². The first kappa shape index (κ1) is 16.9. The van der Waals surface area contributed by atoms with Gasteiger partial charge in [-0.1, -0.05) is 25.7 Å². The number of hydrogen-bond donors (Lipinski definition) is 2. The van der Waals surface area contributed by atoms with Crippen LogP contribution in [0.2, 0.25) is 0 Å². The molecule has 0 aromatic carbocycles. The lowest BCUT2D eigenvalue weighted by molar-refractivity contribution is 0.332. The fourth-order valence-corrected chi connectivity index (χ4v) is 2.14. The largest absolute Gasteiger partial charge is 0.330 e. The molecule has 0 aromatic rings. The minimum absolute atomic E-state index is 0.320. The SMILES string of the molecule is N#CCCC(N)(CCC#N)CCCCCCCN. The van der Waals surface area contributed by atoms with Crippen molar-refractivity contribution in [2.75, 3.05) is 6.54 Å². The fraction of sp³-hybridized carbons (Fsp3) is 0.857. The molecule has 0 bridgehead atoms. The van der Waals surface area contributed by atoms with Crippen molar-refractivity contribution in [3.8, 4) is 12.1 Å². The molecule has 0 rings (SSSR count). The second-order valence-corrected chi connectivity index (χ2v) is 4.99. The van der Waals surface area contributed by atoms with Crippen molar-refractivity contribution < 1.29 is 0 Å². The van der Waals surface area contributed by atoms with Gasteiger partial charge in [-0.3, -0.25) is 0 Å². The number of nitrogens with zero attached hydrogens (tertiary/aromatic N) is 2. The van der Waals surface area contributed by atoms with Gasteiger partial charge in [0.2, 0.25) is 0 Å². The van der Waals surface area contributed by atoms with Gasteiger partial charge >= 0.3 is 0 Å². The third kappa shape index (κ3) is 8.98. The molecule has 18 heavy (non-hydrogen) atoms. The Hall–Kier alpha value is -1.10. The van der Waals surface area contributed by atoms with Crippen LogP contribution in [0.4, 0.5) is 0 Å². The summed E-state index contributed by atoms with van der Waals surface area (Å²) < 4.78 is 0. The van der Waals surface area contributed by atoms with Gasteiger partial charge < -0.3 is 11.5 Å². The maximum Gasteiger partial charge on any atom is 0.0622 e. The molecule has 0 heterocycles. The molecule has 0 aliphatic heterocycles. The summed E-state index contributed by atoms with van der Waals surface area (Å²) in [6.07, 6.45) is 9.01. The van der Waals surface area contributed by atoms with Gasteiger partial charge in [0.05, 0.1) is 12.1 Å². The molecule has 102 valence electrons. The minimum Gasteiger partial charge on any atom is -0.330 e. The highest BCUT2D eigenvalue weighted by Gasteiger charge is 2.23. The van der Waals surface area contributed by atoms with Crippen molar-refractivity contribution in [1.82, 2.24) is 0 Å². The van der Waals surface area contributed by atoms with Gasteiger partial charge in [0, 0.05) is 18.4 Å². The van der Waals surface area contributed by atoms with Crippen LogP contribution in [-0.2, 0) is 0 Å². The van der Waals surface area contributed by atoms with E-state index in [9.17, 15) is 0 Å². The Morgan fingerprint density at radius 3 is 1.78 bits per heavy atom. The zero-order chi connectivity index (χ0) is 13.7. The van der Waals surface area contributed by atoms with Crippen LogP contribution in [0.5, 0.6) is 0 Å². The first-order valence-corrected chi connectivity index (χ1v) is 6.91. The summed E-state index contributed by atoms with van der Waals surface area (Å²) in [5, 5.41) is 17.3. The van der Waals surface area contributed by atoms with Crippen molar-refractivity contribution in [3.63, 3.8) is 0 Å². The van der Waals surface area contributed by atoms with Crippen LogP contribution in [0.3, 0.4) is 0 Å². The van der Waals surface area contributed by atoms with Crippen molar-refractivity contribution >= 4 is 0 Å². The molecule has 0 amide bonds. The molecule has 0 radical (unpaired) electrons. The zero-order valence-corrected chi connectivity index (χ0v) is 11.3. The standard InChI is InChI=1S/C14H26N4/c15-11-5-3-1-2-4-8-14(18,9-6-12-16)10-7-13-17/h1-11,15,18H2. The van der Waals surface area contributed by atoms with E-state index in [4.69, 9.17) is 22.0 Å². The number of nitriles is 2. The first-order valence-electron chi connectivity index (χ1n) is 6.91. The van der Waals surface area contributed by atoms with Crippen LogP contribution in [0.15, 0.2) is 0 Å². The van der Waals surface area contributed by atoms with Crippen LogP contribution in [0.1, 0.15) is 64.2 Å². The van der Waals surface area contributed by atoms with E-state index in [0.717, 1.165) is 32.2 Å². The van der Waals surface area contributed by atoms with Gasteiger partial charge in [-0.2, -0.15) is 10.5 Å². The van der Waals surface area contributed by atoms with E-state index in [1.165, 1.54) is 12.8 Å². The summed E-state index contributed by atoms with van der Waals surface area (Å²) >= 11 is 0. The van der Waals surface area contributed by atoms with Crippen molar-refractivity contribution in [1.29, 1.82) is 10.5 Å². The second kappa shape index (κ2) is 11.0. The molecule has 0 fully saturated rings. The highest BCUT2D eigenvalue weighted by atomic mass is 14.7. The zero-order valence-electron chi connectivity index (χ0n) is 11.3. The van der Waals surface area contributed by atoms with E-state index in [0.29, 0.717) is 25.7 Å². The Bertz CT molecular complexity index is 256. The summed E-state index contributed by atoms with van der Waals surface area (Å²) in [6.45, 7) is 0.769. The van der Waals surface area contributed by atoms with Gasteiger partial charge in [0.25, 0.3) is 0 Å². The number of unbranched alkanes of at least 4 members (excludes halogenated alkanes) is 4. The maximum absolute atomic E-state index is 8.64. The number of hydrogen-bond acceptors (Lipinski definition) is 4. The fourth-order valence-electron chi connectivity index (χ4n) is 2.14. The average molecular weight is 250 g/mol. The van der Waals surface area contributed by atoms with Crippen LogP contribution in [0.25, 0.3) is 0 Å². The molecule has 4 N–H and O–H groups in total. The van der Waals surface area contributed by atoms with E-state index in [-0.39, 0.29) is 5.54 Å². The average Bonchev–Trinajstić information content (AvgIpc) is 2.38. The molecule has 4 heteroatoms. The first-order chi connectivity index (χ1) is 8.68. The smallest absolute Gasteiger partial charge is 0.0622 e. The van der Waals surface area contributed by atoms with Crippen LogP contribution >= 0.6 is 0 Å². The lowest BCUT2D eigenvalue weighted by atomic mass is 9.84. The third-order valence-electron chi connectivity index (χ3n) is 3.35. The third-order valence-corrected chi connectivity index (χ3v) is 3.35. The molecular formula is C14H26N4. The van der Waals surface area contributed by atoms with Crippen molar-refractivity contribution in [3.05, 3.63) is 0 Å². The Balaban J connectivity index is 3.86. The van der Waals surface area contributed by atoms with Gasteiger partial charge in [-0.05, 0) is 32.2 Å². The molecule has 0 aliphatic rings. The summed E-state index contributed by atoms with van der Waals surface area (Å²) in [6, 6.07) is 4.28. The molecule has 0 unspecified atom stereocenters. The van der Waals surface area contributed by atoms with Crippen LogP contribution in [0, 0.1) is 22.7 Å². The molecule has 0 aliphatic carbocycles. The van der Waals surface area contributed by atoms with E-state index < -0.39 is 0 Å². The van der Waals surface area contributed by atoms with Crippen molar-refractivity contribution in [2.24, 2.45) is 11.5 Å². The molecule has 0 saturated heterocycles. The highest BCUT2D eigenvalue weighted by molar-refractivity contribution is 4.90. The second-order valence-electron chi connectivity index (χ2n) is 4.99. The highest BCUT2D eigenvalue weighted by Crippen LogP contribution is 2.23. The lowest BCUT2D eigenvalue weighted by Gasteiger charge is -2.28. The Morgan fingerprint density at radius 2 is 1.28 bits per heavy atom. The number of nitrogens with two attached hydrogens (primary N) is 2. The van der Waals surface area contributed by atoms with E-state index >= 15 is 0 Å². The maximum atomic E-state index is 8.64. The number of rotatable bonds is 11.